The van der Waals surface area contributed by atoms with Gasteiger partial charge in [0.05, 0.1) is 4.88 Å². The maximum Gasteiger partial charge on any atom is 0.326 e. The zero-order valence-corrected chi connectivity index (χ0v) is 14.9. The number of carboxylic acid groups (broad SMARTS) is 1. The molecule has 1 aliphatic carbocycles. The molecule has 7 heteroatoms. The molecular weight excluding hydrogens is 336 g/mol. The highest BCUT2D eigenvalue weighted by Crippen LogP contribution is 2.40. The van der Waals surface area contributed by atoms with Gasteiger partial charge in [0, 0.05) is 11.3 Å². The van der Waals surface area contributed by atoms with Gasteiger partial charge in [0.1, 0.15) is 6.04 Å². The molecular formula is C17H23F2NO3S. The fourth-order valence-electron chi connectivity index (χ4n) is 3.00. The van der Waals surface area contributed by atoms with E-state index in [-0.39, 0.29) is 5.41 Å². The van der Waals surface area contributed by atoms with Crippen LogP contribution >= 0.6 is 11.3 Å². The van der Waals surface area contributed by atoms with E-state index in [1.54, 1.807) is 6.07 Å². The number of rotatable bonds is 5. The Labute approximate surface area is 144 Å². The van der Waals surface area contributed by atoms with Gasteiger partial charge in [-0.05, 0) is 42.2 Å². The number of hydrogen-bond acceptors (Lipinski definition) is 3. The van der Waals surface area contributed by atoms with Gasteiger partial charge < -0.3 is 10.4 Å². The summed E-state index contributed by atoms with van der Waals surface area (Å²) < 4.78 is 24.9. The first kappa shape index (κ1) is 18.8. The first-order chi connectivity index (χ1) is 11.1. The number of carbonyl (C=O) groups excluding carboxylic acids is 1. The molecule has 4 nitrogen and oxygen atoms in total. The lowest BCUT2D eigenvalue weighted by molar-refractivity contribution is -0.140. The highest BCUT2D eigenvalue weighted by atomic mass is 32.1. The molecule has 2 atom stereocenters. The summed E-state index contributed by atoms with van der Waals surface area (Å²) in [6.07, 6.45) is -0.828. The molecule has 1 heterocycles. The summed E-state index contributed by atoms with van der Waals surface area (Å²) >= 11 is 1.34. The second kappa shape index (κ2) is 7.17. The third-order valence-corrected chi connectivity index (χ3v) is 5.78. The van der Waals surface area contributed by atoms with Gasteiger partial charge in [-0.15, -0.1) is 11.3 Å². The van der Waals surface area contributed by atoms with E-state index in [9.17, 15) is 18.4 Å². The van der Waals surface area contributed by atoms with Gasteiger partial charge in [-0.1, -0.05) is 20.8 Å². The number of hydrogen-bond donors (Lipinski definition) is 2. The third kappa shape index (κ3) is 4.53. The topological polar surface area (TPSA) is 66.4 Å². The van der Waals surface area contributed by atoms with Crippen LogP contribution in [0.3, 0.4) is 0 Å². The molecule has 1 aromatic heterocycles. The Morgan fingerprint density at radius 1 is 1.42 bits per heavy atom. The molecule has 1 aromatic rings. The molecule has 0 spiro atoms. The third-order valence-electron chi connectivity index (χ3n) is 4.55. The predicted octanol–water partition coefficient (Wildman–Crippen LogP) is 3.74. The van der Waals surface area contributed by atoms with E-state index >= 15 is 0 Å². The summed E-state index contributed by atoms with van der Waals surface area (Å²) in [5.41, 5.74) is 1.31. The Balaban J connectivity index is 2.10. The first-order valence-corrected chi connectivity index (χ1v) is 8.83. The smallest absolute Gasteiger partial charge is 0.326 e. The molecule has 0 radical (unpaired) electrons. The van der Waals surface area contributed by atoms with Crippen molar-refractivity contribution in [2.24, 2.45) is 11.3 Å². The van der Waals surface area contributed by atoms with Gasteiger partial charge in [0.15, 0.2) is 0 Å². The highest BCUT2D eigenvalue weighted by Gasteiger charge is 2.31. The van der Waals surface area contributed by atoms with E-state index < -0.39 is 30.8 Å². The van der Waals surface area contributed by atoms with Gasteiger partial charge in [-0.2, -0.15) is 0 Å². The van der Waals surface area contributed by atoms with E-state index in [4.69, 9.17) is 5.11 Å². The second-order valence-corrected chi connectivity index (χ2v) is 8.49. The van der Waals surface area contributed by atoms with Crippen molar-refractivity contribution < 1.29 is 23.5 Å². The van der Waals surface area contributed by atoms with Crippen molar-refractivity contribution in [1.29, 1.82) is 0 Å². The van der Waals surface area contributed by atoms with Crippen LogP contribution in [0.5, 0.6) is 0 Å². The molecule has 0 fully saturated rings. The standard InChI is InChI=1S/C17H23F2NO3S/c1-17(2,3)10-4-5-12-9(6-10)7-13(24-12)15(21)20-11(16(22)23)8-14(18)19/h7,10-11,14H,4-6,8H2,1-3H3,(H,20,21)(H,22,23). The maximum atomic E-state index is 12.4. The summed E-state index contributed by atoms with van der Waals surface area (Å²) in [7, 11) is 0. The monoisotopic (exact) mass is 359 g/mol. The number of nitrogens with one attached hydrogen (secondary N) is 1. The highest BCUT2D eigenvalue weighted by molar-refractivity contribution is 7.14. The molecule has 24 heavy (non-hydrogen) atoms. The van der Waals surface area contributed by atoms with Crippen LogP contribution in [0.1, 0.15) is 53.7 Å². The minimum Gasteiger partial charge on any atom is -0.480 e. The van der Waals surface area contributed by atoms with Crippen molar-refractivity contribution in [3.63, 3.8) is 0 Å². The van der Waals surface area contributed by atoms with Gasteiger partial charge in [0.2, 0.25) is 6.43 Å². The Morgan fingerprint density at radius 2 is 2.08 bits per heavy atom. The minimum absolute atomic E-state index is 0.188. The zero-order chi connectivity index (χ0) is 18.1. The Kier molecular flexibility index (Phi) is 5.63. The summed E-state index contributed by atoms with van der Waals surface area (Å²) in [4.78, 5) is 24.8. The Bertz CT molecular complexity index is 622. The van der Waals surface area contributed by atoms with Crippen LogP contribution in [-0.4, -0.2) is 29.5 Å². The molecule has 2 unspecified atom stereocenters. The van der Waals surface area contributed by atoms with Gasteiger partial charge in [-0.25, -0.2) is 13.6 Å². The molecule has 1 aliphatic rings. The molecule has 1 amide bonds. The normalized spacial score (nSPS) is 19.0. The summed E-state index contributed by atoms with van der Waals surface area (Å²) in [6.45, 7) is 6.60. The number of carboxylic acids is 1. The van der Waals surface area contributed by atoms with E-state index in [1.165, 1.54) is 11.3 Å². The number of fused-ring (bicyclic) bond motifs is 1. The Hall–Kier alpha value is -1.50. The van der Waals surface area contributed by atoms with Crippen LogP contribution in [0.4, 0.5) is 8.78 Å². The van der Waals surface area contributed by atoms with Crippen LogP contribution < -0.4 is 5.32 Å². The summed E-state index contributed by atoms with van der Waals surface area (Å²) in [5.74, 6) is -1.51. The van der Waals surface area contributed by atoms with Crippen molar-refractivity contribution in [3.8, 4) is 0 Å². The first-order valence-electron chi connectivity index (χ1n) is 8.01. The SMILES string of the molecule is CC(C)(C)C1CCc2sc(C(=O)NC(CC(F)F)C(=O)O)cc2C1. The predicted molar refractivity (Wildman–Crippen MR) is 88.8 cm³/mol. The lowest BCUT2D eigenvalue weighted by Crippen LogP contribution is -2.41. The number of carbonyl (C=O) groups is 2. The number of amides is 1. The minimum atomic E-state index is -2.78. The molecule has 0 saturated heterocycles. The molecule has 0 aromatic carbocycles. The molecule has 0 bridgehead atoms. The summed E-state index contributed by atoms with van der Waals surface area (Å²) in [6, 6.07) is 0.216. The van der Waals surface area contributed by atoms with Crippen LogP contribution in [0.15, 0.2) is 6.07 Å². The largest absolute Gasteiger partial charge is 0.480 e. The van der Waals surface area contributed by atoms with Gasteiger partial charge in [-0.3, -0.25) is 4.79 Å². The molecule has 0 saturated carbocycles. The maximum absolute atomic E-state index is 12.4. The fraction of sp³-hybridized carbons (Fsp3) is 0.647. The Morgan fingerprint density at radius 3 is 2.62 bits per heavy atom. The number of aryl methyl sites for hydroxylation is 1. The van der Waals surface area contributed by atoms with Crippen molar-refractivity contribution in [3.05, 3.63) is 21.4 Å². The van der Waals surface area contributed by atoms with Crippen molar-refractivity contribution in [2.45, 2.75) is 58.9 Å². The van der Waals surface area contributed by atoms with E-state index in [0.717, 1.165) is 29.7 Å². The molecule has 2 rings (SSSR count). The average Bonchev–Trinajstić information content (AvgIpc) is 2.87. The van der Waals surface area contributed by atoms with Gasteiger partial charge >= 0.3 is 5.97 Å². The van der Waals surface area contributed by atoms with Crippen molar-refractivity contribution >= 4 is 23.2 Å². The lowest BCUT2D eigenvalue weighted by Gasteiger charge is -2.33. The number of thiophene rings is 1. The van der Waals surface area contributed by atoms with E-state index in [0.29, 0.717) is 10.8 Å². The molecule has 0 aliphatic heterocycles. The van der Waals surface area contributed by atoms with E-state index in [1.807, 2.05) is 0 Å². The lowest BCUT2D eigenvalue weighted by atomic mass is 9.72. The van der Waals surface area contributed by atoms with Crippen molar-refractivity contribution in [1.82, 2.24) is 5.32 Å². The fourth-order valence-corrected chi connectivity index (χ4v) is 4.12. The molecule has 2 N–H and O–H groups in total. The van der Waals surface area contributed by atoms with Crippen LogP contribution in [0.25, 0.3) is 0 Å². The van der Waals surface area contributed by atoms with Crippen LogP contribution in [0, 0.1) is 11.3 Å². The zero-order valence-electron chi connectivity index (χ0n) is 14.1. The number of halogens is 2. The van der Waals surface area contributed by atoms with Crippen LogP contribution in [-0.2, 0) is 17.6 Å². The number of aliphatic carboxylic acids is 1. The quantitative estimate of drug-likeness (QED) is 0.842. The second-order valence-electron chi connectivity index (χ2n) is 7.36. The summed E-state index contributed by atoms with van der Waals surface area (Å²) in [5, 5.41) is 11.2. The van der Waals surface area contributed by atoms with Crippen LogP contribution in [0.2, 0.25) is 0 Å². The number of alkyl halides is 2. The molecule has 134 valence electrons. The van der Waals surface area contributed by atoms with E-state index in [2.05, 4.69) is 26.1 Å². The van der Waals surface area contributed by atoms with Crippen molar-refractivity contribution in [2.75, 3.05) is 0 Å². The van der Waals surface area contributed by atoms with Gasteiger partial charge in [0.25, 0.3) is 5.91 Å². The average molecular weight is 359 g/mol.